The van der Waals surface area contributed by atoms with Gasteiger partial charge in [-0.05, 0) is 50.2 Å². The van der Waals surface area contributed by atoms with Crippen LogP contribution in [0.3, 0.4) is 0 Å². The summed E-state index contributed by atoms with van der Waals surface area (Å²) in [6.07, 6.45) is 1.01. The maximum atomic E-state index is 13.0. The van der Waals surface area contributed by atoms with Gasteiger partial charge in [-0.2, -0.15) is 0 Å². The Bertz CT molecular complexity index is 355. The highest BCUT2D eigenvalue weighted by Gasteiger charge is 2.06. The van der Waals surface area contributed by atoms with E-state index in [1.54, 1.807) is 6.07 Å². The van der Waals surface area contributed by atoms with Gasteiger partial charge in [-0.1, -0.05) is 13.0 Å². The molecule has 96 valence electrons. The van der Waals surface area contributed by atoms with Gasteiger partial charge in [-0.15, -0.1) is 0 Å². The summed E-state index contributed by atoms with van der Waals surface area (Å²) in [5.41, 5.74) is 6.32. The van der Waals surface area contributed by atoms with Crippen molar-refractivity contribution in [2.75, 3.05) is 20.1 Å². The lowest BCUT2D eigenvalue weighted by atomic mass is 10.1. The SMILES string of the molecule is CC(CN)CCN(C)Cc1ccc(F)c(F)c1. The summed E-state index contributed by atoms with van der Waals surface area (Å²) < 4.78 is 25.7. The summed E-state index contributed by atoms with van der Waals surface area (Å²) in [4.78, 5) is 2.08. The van der Waals surface area contributed by atoms with Crippen LogP contribution >= 0.6 is 0 Å². The van der Waals surface area contributed by atoms with E-state index in [-0.39, 0.29) is 0 Å². The van der Waals surface area contributed by atoms with Crippen LogP contribution < -0.4 is 5.73 Å². The number of halogens is 2. The van der Waals surface area contributed by atoms with Gasteiger partial charge < -0.3 is 10.6 Å². The molecular formula is C13H20F2N2. The van der Waals surface area contributed by atoms with Crippen molar-refractivity contribution in [3.63, 3.8) is 0 Å². The third kappa shape index (κ3) is 4.79. The summed E-state index contributed by atoms with van der Waals surface area (Å²) in [5, 5.41) is 0. The standard InChI is InChI=1S/C13H20F2N2/c1-10(8-16)5-6-17(2)9-11-3-4-12(14)13(15)7-11/h3-4,7,10H,5-6,8-9,16H2,1-2H3. The Morgan fingerprint density at radius 2 is 2.00 bits per heavy atom. The van der Waals surface area contributed by atoms with E-state index in [2.05, 4.69) is 11.8 Å². The molecule has 1 unspecified atom stereocenters. The highest BCUT2D eigenvalue weighted by Crippen LogP contribution is 2.11. The van der Waals surface area contributed by atoms with Crippen molar-refractivity contribution >= 4 is 0 Å². The Morgan fingerprint density at radius 3 is 2.59 bits per heavy atom. The lowest BCUT2D eigenvalue weighted by molar-refractivity contribution is 0.299. The van der Waals surface area contributed by atoms with Gasteiger partial charge in [0.15, 0.2) is 11.6 Å². The second kappa shape index (κ2) is 6.67. The molecule has 1 aromatic carbocycles. The third-order valence-corrected chi connectivity index (χ3v) is 2.84. The smallest absolute Gasteiger partial charge is 0.159 e. The van der Waals surface area contributed by atoms with Gasteiger partial charge >= 0.3 is 0 Å². The van der Waals surface area contributed by atoms with E-state index in [0.29, 0.717) is 19.0 Å². The van der Waals surface area contributed by atoms with Crippen LogP contribution in [0.15, 0.2) is 18.2 Å². The van der Waals surface area contributed by atoms with Crippen LogP contribution in [0, 0.1) is 17.6 Å². The zero-order valence-corrected chi connectivity index (χ0v) is 10.4. The maximum Gasteiger partial charge on any atom is 0.159 e. The minimum Gasteiger partial charge on any atom is -0.330 e. The highest BCUT2D eigenvalue weighted by molar-refractivity contribution is 5.17. The maximum absolute atomic E-state index is 13.0. The molecule has 1 aromatic rings. The summed E-state index contributed by atoms with van der Waals surface area (Å²) in [6.45, 7) is 4.30. The second-order valence-electron chi connectivity index (χ2n) is 4.62. The molecular weight excluding hydrogens is 222 g/mol. The third-order valence-electron chi connectivity index (χ3n) is 2.84. The molecule has 0 spiro atoms. The summed E-state index contributed by atoms with van der Waals surface area (Å²) >= 11 is 0. The van der Waals surface area contributed by atoms with E-state index >= 15 is 0 Å². The lowest BCUT2D eigenvalue weighted by Gasteiger charge is -2.18. The van der Waals surface area contributed by atoms with E-state index in [1.807, 2.05) is 7.05 Å². The first-order valence-corrected chi connectivity index (χ1v) is 5.85. The van der Waals surface area contributed by atoms with Crippen molar-refractivity contribution in [1.82, 2.24) is 4.90 Å². The predicted octanol–water partition coefficient (Wildman–Crippen LogP) is 2.38. The highest BCUT2D eigenvalue weighted by atomic mass is 19.2. The van der Waals surface area contributed by atoms with Gasteiger partial charge in [0, 0.05) is 6.54 Å². The topological polar surface area (TPSA) is 29.3 Å². The molecule has 17 heavy (non-hydrogen) atoms. The molecule has 0 aliphatic heterocycles. The molecule has 1 atom stereocenters. The average Bonchev–Trinajstić information content (AvgIpc) is 2.31. The molecule has 1 rings (SSSR count). The second-order valence-corrected chi connectivity index (χ2v) is 4.62. The number of hydrogen-bond acceptors (Lipinski definition) is 2. The molecule has 0 fully saturated rings. The van der Waals surface area contributed by atoms with Crippen LogP contribution in [0.1, 0.15) is 18.9 Å². The first-order chi connectivity index (χ1) is 8.02. The molecule has 0 bridgehead atoms. The minimum atomic E-state index is -0.798. The molecule has 0 heterocycles. The zero-order chi connectivity index (χ0) is 12.8. The molecule has 4 heteroatoms. The van der Waals surface area contributed by atoms with Gasteiger partial charge in [0.25, 0.3) is 0 Å². The Balaban J connectivity index is 2.44. The van der Waals surface area contributed by atoms with Crippen LogP contribution in [-0.2, 0) is 6.54 Å². The Labute approximate surface area is 101 Å². The number of nitrogens with two attached hydrogens (primary N) is 1. The summed E-state index contributed by atoms with van der Waals surface area (Å²) in [5.74, 6) is -1.10. The zero-order valence-electron chi connectivity index (χ0n) is 10.4. The van der Waals surface area contributed by atoms with Crippen molar-refractivity contribution in [3.05, 3.63) is 35.4 Å². The van der Waals surface area contributed by atoms with E-state index in [4.69, 9.17) is 5.73 Å². The molecule has 0 amide bonds. The first kappa shape index (κ1) is 14.1. The monoisotopic (exact) mass is 242 g/mol. The van der Waals surface area contributed by atoms with Gasteiger partial charge in [-0.25, -0.2) is 8.78 Å². The summed E-state index contributed by atoms with van der Waals surface area (Å²) in [7, 11) is 1.96. The van der Waals surface area contributed by atoms with Gasteiger partial charge in [0.2, 0.25) is 0 Å². The normalized spacial score (nSPS) is 13.1. The van der Waals surface area contributed by atoms with E-state index in [1.165, 1.54) is 12.1 Å². The largest absolute Gasteiger partial charge is 0.330 e. The van der Waals surface area contributed by atoms with Crippen molar-refractivity contribution in [3.8, 4) is 0 Å². The average molecular weight is 242 g/mol. The fourth-order valence-corrected chi connectivity index (χ4v) is 1.59. The minimum absolute atomic E-state index is 0.488. The van der Waals surface area contributed by atoms with Gasteiger partial charge in [0.05, 0.1) is 0 Å². The molecule has 0 radical (unpaired) electrons. The Morgan fingerprint density at radius 1 is 1.29 bits per heavy atom. The van der Waals surface area contributed by atoms with Gasteiger partial charge in [-0.3, -0.25) is 0 Å². The molecule has 0 aliphatic carbocycles. The number of nitrogens with zero attached hydrogens (tertiary/aromatic N) is 1. The van der Waals surface area contributed by atoms with Crippen molar-refractivity contribution in [1.29, 1.82) is 0 Å². The predicted molar refractivity (Wildman–Crippen MR) is 65.5 cm³/mol. The fourth-order valence-electron chi connectivity index (χ4n) is 1.59. The van der Waals surface area contributed by atoms with Crippen LogP contribution in [0.25, 0.3) is 0 Å². The van der Waals surface area contributed by atoms with Crippen molar-refractivity contribution in [2.45, 2.75) is 19.9 Å². The van der Waals surface area contributed by atoms with E-state index in [9.17, 15) is 8.78 Å². The van der Waals surface area contributed by atoms with Crippen LogP contribution in [0.5, 0.6) is 0 Å². The van der Waals surface area contributed by atoms with Gasteiger partial charge in [0.1, 0.15) is 0 Å². The molecule has 2 nitrogen and oxygen atoms in total. The first-order valence-electron chi connectivity index (χ1n) is 5.85. The molecule has 0 aromatic heterocycles. The number of hydrogen-bond donors (Lipinski definition) is 1. The number of rotatable bonds is 6. The fraction of sp³-hybridized carbons (Fsp3) is 0.538. The van der Waals surface area contributed by atoms with Crippen molar-refractivity contribution < 1.29 is 8.78 Å². The van der Waals surface area contributed by atoms with Crippen LogP contribution in [-0.4, -0.2) is 25.0 Å². The number of benzene rings is 1. The quantitative estimate of drug-likeness (QED) is 0.830. The summed E-state index contributed by atoms with van der Waals surface area (Å²) in [6, 6.07) is 4.03. The van der Waals surface area contributed by atoms with Crippen LogP contribution in [0.4, 0.5) is 8.78 Å². The molecule has 0 saturated heterocycles. The van der Waals surface area contributed by atoms with Crippen LogP contribution in [0.2, 0.25) is 0 Å². The lowest BCUT2D eigenvalue weighted by Crippen LogP contribution is -2.23. The molecule has 0 saturated carbocycles. The molecule has 0 aliphatic rings. The molecule has 2 N–H and O–H groups in total. The van der Waals surface area contributed by atoms with E-state index < -0.39 is 11.6 Å². The Kier molecular flexibility index (Phi) is 5.51. The Hall–Kier alpha value is -1.00. The van der Waals surface area contributed by atoms with E-state index in [0.717, 1.165) is 18.5 Å². The van der Waals surface area contributed by atoms with Crippen molar-refractivity contribution in [2.24, 2.45) is 11.7 Å².